The molecule has 3 aromatic rings. The summed E-state index contributed by atoms with van der Waals surface area (Å²) in [7, 11) is -3.75. The van der Waals surface area contributed by atoms with Gasteiger partial charge in [0.25, 0.3) is 10.0 Å². The number of aromatic nitrogens is 1. The van der Waals surface area contributed by atoms with Crippen LogP contribution in [-0.4, -0.2) is 36.5 Å². The quantitative estimate of drug-likeness (QED) is 0.495. The minimum Gasteiger partial charge on any atom is -0.489 e. The molecule has 0 spiro atoms. The zero-order valence-corrected chi connectivity index (χ0v) is 19.7. The van der Waals surface area contributed by atoms with Crippen LogP contribution in [0.4, 0.5) is 5.13 Å². The first-order valence-electron chi connectivity index (χ1n) is 10.7. The fraction of sp³-hybridized carbons (Fsp3) is 0.348. The van der Waals surface area contributed by atoms with Crippen molar-refractivity contribution in [1.82, 2.24) is 9.88 Å². The molecule has 2 fully saturated rings. The maximum absolute atomic E-state index is 12.6. The van der Waals surface area contributed by atoms with Gasteiger partial charge in [-0.25, -0.2) is 13.4 Å². The largest absolute Gasteiger partial charge is 0.489 e. The summed E-state index contributed by atoms with van der Waals surface area (Å²) >= 11 is 7.64. The second-order valence-corrected chi connectivity index (χ2v) is 11.3. The Bertz CT molecular complexity index is 1160. The molecule has 2 unspecified atom stereocenters. The number of piperidine rings is 1. The minimum absolute atomic E-state index is 0.0768. The molecule has 32 heavy (non-hydrogen) atoms. The van der Waals surface area contributed by atoms with E-state index in [1.165, 1.54) is 41.9 Å². The van der Waals surface area contributed by atoms with Gasteiger partial charge in [-0.3, -0.25) is 9.62 Å². The second-order valence-electron chi connectivity index (χ2n) is 8.29. The van der Waals surface area contributed by atoms with Crippen molar-refractivity contribution in [1.29, 1.82) is 0 Å². The van der Waals surface area contributed by atoms with Crippen LogP contribution < -0.4 is 9.46 Å². The number of benzene rings is 2. The lowest BCUT2D eigenvalue weighted by Gasteiger charge is -2.39. The first kappa shape index (κ1) is 21.7. The molecule has 9 heteroatoms. The number of hydrogen-bond donors (Lipinski definition) is 1. The molecule has 0 aliphatic carbocycles. The molecule has 0 saturated carbocycles. The topological polar surface area (TPSA) is 71.5 Å². The summed E-state index contributed by atoms with van der Waals surface area (Å²) in [6, 6.07) is 16.2. The molecule has 0 radical (unpaired) electrons. The van der Waals surface area contributed by atoms with E-state index >= 15 is 0 Å². The SMILES string of the molecule is O=S(=O)(Nc1nccs1)c1ccc(OC2CC3CC[C@@H](C2)N3Cc2ccccc2)c(Cl)c1. The number of hydrogen-bond acceptors (Lipinski definition) is 6. The Kier molecular flexibility index (Phi) is 6.11. The van der Waals surface area contributed by atoms with Gasteiger partial charge in [0.15, 0.2) is 5.13 Å². The Morgan fingerprint density at radius 2 is 1.88 bits per heavy atom. The molecule has 0 amide bonds. The highest BCUT2D eigenvalue weighted by atomic mass is 35.5. The van der Waals surface area contributed by atoms with Gasteiger partial charge >= 0.3 is 0 Å². The molecule has 2 saturated heterocycles. The monoisotopic (exact) mass is 489 g/mol. The molecule has 1 aromatic heterocycles. The van der Waals surface area contributed by atoms with E-state index in [1.807, 2.05) is 6.07 Å². The summed E-state index contributed by atoms with van der Waals surface area (Å²) in [5.74, 6) is 0.528. The lowest BCUT2D eigenvalue weighted by Crippen LogP contribution is -2.45. The van der Waals surface area contributed by atoms with Crippen LogP contribution in [0.1, 0.15) is 31.2 Å². The van der Waals surface area contributed by atoms with Gasteiger partial charge in [-0.2, -0.15) is 0 Å². The van der Waals surface area contributed by atoms with E-state index in [1.54, 1.807) is 17.6 Å². The van der Waals surface area contributed by atoms with Crippen LogP contribution in [0.25, 0.3) is 0 Å². The summed E-state index contributed by atoms with van der Waals surface area (Å²) in [4.78, 5) is 6.66. The van der Waals surface area contributed by atoms with Crippen LogP contribution in [0, 0.1) is 0 Å². The van der Waals surface area contributed by atoms with Gasteiger partial charge in [0, 0.05) is 30.2 Å². The molecule has 1 N–H and O–H groups in total. The zero-order chi connectivity index (χ0) is 22.1. The van der Waals surface area contributed by atoms with Crippen molar-refractivity contribution in [3.05, 3.63) is 70.7 Å². The Balaban J connectivity index is 1.24. The average Bonchev–Trinajstić information content (AvgIpc) is 3.35. The van der Waals surface area contributed by atoms with Gasteiger partial charge < -0.3 is 4.74 Å². The van der Waals surface area contributed by atoms with E-state index in [0.29, 0.717) is 28.0 Å². The van der Waals surface area contributed by atoms with Crippen LogP contribution >= 0.6 is 22.9 Å². The summed E-state index contributed by atoms with van der Waals surface area (Å²) in [5.41, 5.74) is 1.34. The normalized spacial score (nSPS) is 23.2. The maximum atomic E-state index is 12.6. The third kappa shape index (κ3) is 4.64. The molecule has 168 valence electrons. The molecule has 2 bridgehead atoms. The summed E-state index contributed by atoms with van der Waals surface area (Å²) in [5, 5.41) is 2.32. The molecule has 3 heterocycles. The van der Waals surface area contributed by atoms with Crippen LogP contribution in [0.15, 0.2) is 65.0 Å². The molecule has 2 aromatic carbocycles. The molecule has 2 aliphatic heterocycles. The van der Waals surface area contributed by atoms with Crippen LogP contribution in [0.3, 0.4) is 0 Å². The van der Waals surface area contributed by atoms with Crippen molar-refractivity contribution in [2.45, 2.75) is 55.3 Å². The van der Waals surface area contributed by atoms with E-state index < -0.39 is 10.0 Å². The van der Waals surface area contributed by atoms with E-state index in [9.17, 15) is 8.42 Å². The maximum Gasteiger partial charge on any atom is 0.263 e. The number of anilines is 1. The van der Waals surface area contributed by atoms with Gasteiger partial charge in [-0.05, 0) is 49.4 Å². The van der Waals surface area contributed by atoms with Gasteiger partial charge in [-0.15, -0.1) is 11.3 Å². The number of sulfonamides is 1. The highest BCUT2D eigenvalue weighted by Gasteiger charge is 2.41. The molecule has 5 rings (SSSR count). The predicted molar refractivity (Wildman–Crippen MR) is 127 cm³/mol. The summed E-state index contributed by atoms with van der Waals surface area (Å²) in [6.07, 6.45) is 5.89. The highest BCUT2D eigenvalue weighted by molar-refractivity contribution is 7.93. The average molecular weight is 490 g/mol. The van der Waals surface area contributed by atoms with Crippen LogP contribution in [0.2, 0.25) is 5.02 Å². The van der Waals surface area contributed by atoms with Crippen molar-refractivity contribution in [2.24, 2.45) is 0 Å². The number of nitrogens with one attached hydrogen (secondary N) is 1. The number of fused-ring (bicyclic) bond motifs is 2. The summed E-state index contributed by atoms with van der Waals surface area (Å²) in [6.45, 7) is 0.975. The number of nitrogens with zero attached hydrogens (tertiary/aromatic N) is 2. The molecule has 3 atom stereocenters. The lowest BCUT2D eigenvalue weighted by molar-refractivity contribution is 0.0446. The standard InChI is InChI=1S/C23H24ClN3O3S2/c24-21-14-20(32(28,29)26-23-25-10-11-31-23)8-9-22(21)30-19-12-17-6-7-18(13-19)27(17)15-16-4-2-1-3-5-16/h1-5,8-11,14,17-19H,6-7,12-13,15H2,(H,25,26)/t17-,18?,19?/m0/s1. The Morgan fingerprint density at radius 1 is 1.12 bits per heavy atom. The van der Waals surface area contributed by atoms with Crippen molar-refractivity contribution in [2.75, 3.05) is 4.72 Å². The Hall–Kier alpha value is -2.13. The number of rotatable bonds is 7. The van der Waals surface area contributed by atoms with E-state index in [2.05, 4.69) is 38.9 Å². The first-order valence-corrected chi connectivity index (χ1v) is 13.4. The lowest BCUT2D eigenvalue weighted by atomic mass is 9.98. The molecular formula is C23H24ClN3O3S2. The minimum atomic E-state index is -3.75. The van der Waals surface area contributed by atoms with E-state index in [-0.39, 0.29) is 11.0 Å². The second kappa shape index (κ2) is 9.02. The van der Waals surface area contributed by atoms with Gasteiger partial charge in [0.2, 0.25) is 0 Å². The molecule has 6 nitrogen and oxygen atoms in total. The van der Waals surface area contributed by atoms with Gasteiger partial charge in [0.05, 0.1) is 9.92 Å². The number of thiazole rings is 1. The van der Waals surface area contributed by atoms with Crippen molar-refractivity contribution >= 4 is 38.1 Å². The predicted octanol–water partition coefficient (Wildman–Crippen LogP) is 5.17. The van der Waals surface area contributed by atoms with Crippen LogP contribution in [0.5, 0.6) is 5.75 Å². The first-order chi connectivity index (χ1) is 15.5. The van der Waals surface area contributed by atoms with Crippen molar-refractivity contribution < 1.29 is 13.2 Å². The van der Waals surface area contributed by atoms with Crippen LogP contribution in [-0.2, 0) is 16.6 Å². The van der Waals surface area contributed by atoms with Crippen molar-refractivity contribution in [3.8, 4) is 5.75 Å². The van der Waals surface area contributed by atoms with E-state index in [4.69, 9.17) is 16.3 Å². The fourth-order valence-electron chi connectivity index (χ4n) is 4.74. The smallest absolute Gasteiger partial charge is 0.263 e. The Morgan fingerprint density at radius 3 is 2.53 bits per heavy atom. The fourth-order valence-corrected chi connectivity index (χ4v) is 6.85. The number of ether oxygens (including phenoxy) is 1. The number of halogens is 1. The Labute approximate surface area is 197 Å². The zero-order valence-electron chi connectivity index (χ0n) is 17.4. The molecular weight excluding hydrogens is 466 g/mol. The third-order valence-corrected chi connectivity index (χ3v) is 8.66. The van der Waals surface area contributed by atoms with E-state index in [0.717, 1.165) is 19.4 Å². The molecule has 2 aliphatic rings. The highest BCUT2D eigenvalue weighted by Crippen LogP contribution is 2.39. The van der Waals surface area contributed by atoms with Crippen molar-refractivity contribution in [3.63, 3.8) is 0 Å². The third-order valence-electron chi connectivity index (χ3n) is 6.21. The summed E-state index contributed by atoms with van der Waals surface area (Å²) < 4.78 is 33.9. The van der Waals surface area contributed by atoms with Gasteiger partial charge in [-0.1, -0.05) is 41.9 Å². The van der Waals surface area contributed by atoms with Gasteiger partial charge in [0.1, 0.15) is 11.9 Å².